The van der Waals surface area contributed by atoms with Crippen molar-refractivity contribution in [2.45, 2.75) is 0 Å². The molecule has 0 unspecified atom stereocenters. The molecule has 2 nitrogen and oxygen atoms in total. The molecular formula is C45H25NO. The van der Waals surface area contributed by atoms with Crippen LogP contribution in [0.2, 0.25) is 0 Å². The fourth-order valence-electron chi connectivity index (χ4n) is 7.68. The van der Waals surface area contributed by atoms with E-state index in [1.165, 1.54) is 65.3 Å². The molecule has 10 aromatic rings. The maximum atomic E-state index is 7.65. The Balaban J connectivity index is 1.16. The summed E-state index contributed by atoms with van der Waals surface area (Å²) in [6, 6.07) is 54.3. The minimum Gasteiger partial charge on any atom is -0.466 e. The quantitative estimate of drug-likeness (QED) is 0.147. The van der Waals surface area contributed by atoms with Crippen LogP contribution in [0.3, 0.4) is 0 Å². The van der Waals surface area contributed by atoms with Crippen LogP contribution in [0.25, 0.3) is 103 Å². The van der Waals surface area contributed by atoms with E-state index in [2.05, 4.69) is 138 Å². The minimum atomic E-state index is 0.538. The second-order valence-corrected chi connectivity index (χ2v) is 12.3. The zero-order valence-electron chi connectivity index (χ0n) is 25.3. The summed E-state index contributed by atoms with van der Waals surface area (Å²) in [5.74, 6) is 0. The van der Waals surface area contributed by atoms with Gasteiger partial charge >= 0.3 is 0 Å². The zero-order valence-corrected chi connectivity index (χ0v) is 25.3. The first-order valence-corrected chi connectivity index (χ1v) is 15.9. The fourth-order valence-corrected chi connectivity index (χ4v) is 7.68. The molecule has 0 N–H and O–H groups in total. The van der Waals surface area contributed by atoms with Crippen molar-refractivity contribution in [2.75, 3.05) is 0 Å². The lowest BCUT2D eigenvalue weighted by atomic mass is 9.87. The van der Waals surface area contributed by atoms with Gasteiger partial charge in [0.15, 0.2) is 0 Å². The van der Waals surface area contributed by atoms with Crippen molar-refractivity contribution >= 4 is 70.7 Å². The number of benzene rings is 9. The van der Waals surface area contributed by atoms with Gasteiger partial charge in [-0.25, -0.2) is 4.85 Å². The minimum absolute atomic E-state index is 0.538. The highest BCUT2D eigenvalue weighted by atomic mass is 16.3. The van der Waals surface area contributed by atoms with Crippen LogP contribution in [0.4, 0.5) is 5.69 Å². The van der Waals surface area contributed by atoms with Crippen LogP contribution in [0.1, 0.15) is 0 Å². The maximum Gasteiger partial charge on any atom is 0.229 e. The Morgan fingerprint density at radius 1 is 0.383 bits per heavy atom. The molecule has 0 saturated heterocycles. The van der Waals surface area contributed by atoms with Gasteiger partial charge in [0.2, 0.25) is 5.69 Å². The van der Waals surface area contributed by atoms with Gasteiger partial charge < -0.3 is 4.42 Å². The van der Waals surface area contributed by atoms with Gasteiger partial charge in [-0.15, -0.1) is 0 Å². The average molecular weight is 596 g/mol. The third kappa shape index (κ3) is 3.78. The predicted octanol–water partition coefficient (Wildman–Crippen LogP) is 13.2. The molecule has 0 aliphatic carbocycles. The summed E-state index contributed by atoms with van der Waals surface area (Å²) in [6.07, 6.45) is 0. The van der Waals surface area contributed by atoms with Gasteiger partial charge in [-0.2, -0.15) is 0 Å². The van der Waals surface area contributed by atoms with Gasteiger partial charge in [0, 0.05) is 16.3 Å². The Morgan fingerprint density at radius 2 is 0.915 bits per heavy atom. The third-order valence-corrected chi connectivity index (χ3v) is 9.79. The number of rotatable bonds is 3. The number of hydrogen-bond acceptors (Lipinski definition) is 1. The van der Waals surface area contributed by atoms with Crippen molar-refractivity contribution in [3.63, 3.8) is 0 Å². The number of fused-ring (bicyclic) bond motifs is 4. The van der Waals surface area contributed by atoms with E-state index < -0.39 is 0 Å². The van der Waals surface area contributed by atoms with Gasteiger partial charge in [0.25, 0.3) is 0 Å². The molecule has 0 amide bonds. The monoisotopic (exact) mass is 595 g/mol. The molecule has 0 radical (unpaired) electrons. The standard InChI is InChI=1S/C45H25NO/c1-46-41-16-8-15-40-39-14-7-13-38(44(39)47-45(40)41)37-22-21-34(35-11-5-6-12-36(35)37)33-25-30-19-17-28-23-32(27-9-3-2-4-10-27)24-29-18-20-31(26-33)43(30)42(28)29/h2-26H. The van der Waals surface area contributed by atoms with Crippen molar-refractivity contribution in [3.8, 4) is 33.4 Å². The molecule has 9 aromatic carbocycles. The van der Waals surface area contributed by atoms with Gasteiger partial charge in [0.1, 0.15) is 11.2 Å². The van der Waals surface area contributed by atoms with E-state index >= 15 is 0 Å². The summed E-state index contributed by atoms with van der Waals surface area (Å²) in [7, 11) is 0. The Kier molecular flexibility index (Phi) is 5.38. The van der Waals surface area contributed by atoms with E-state index in [0.29, 0.717) is 11.3 Å². The molecule has 47 heavy (non-hydrogen) atoms. The molecule has 0 aliphatic heterocycles. The molecule has 0 bridgehead atoms. The molecule has 1 aromatic heterocycles. The topological polar surface area (TPSA) is 17.5 Å². The first kappa shape index (κ1) is 25.9. The Morgan fingerprint density at radius 3 is 1.57 bits per heavy atom. The van der Waals surface area contributed by atoms with Crippen LogP contribution < -0.4 is 0 Å². The SMILES string of the molecule is [C-]#[N+]c1cccc2c1oc1c(-c3ccc(-c4cc5ccc6cc(-c7ccccc7)cc7ccc(c4)c5c67)c4ccccc34)cccc12. The highest BCUT2D eigenvalue weighted by molar-refractivity contribution is 6.25. The van der Waals surface area contributed by atoms with Crippen LogP contribution in [0.5, 0.6) is 0 Å². The van der Waals surface area contributed by atoms with Crippen LogP contribution >= 0.6 is 0 Å². The van der Waals surface area contributed by atoms with Crippen LogP contribution in [0.15, 0.2) is 156 Å². The Hall–Kier alpha value is -6.43. The number of para-hydroxylation sites is 2. The maximum absolute atomic E-state index is 7.65. The second kappa shape index (κ2) is 9.78. The largest absolute Gasteiger partial charge is 0.466 e. The molecule has 0 aliphatic rings. The van der Waals surface area contributed by atoms with Crippen LogP contribution in [0, 0.1) is 6.57 Å². The second-order valence-electron chi connectivity index (χ2n) is 12.3. The molecular weight excluding hydrogens is 571 g/mol. The molecule has 10 rings (SSSR count). The van der Waals surface area contributed by atoms with E-state index in [0.717, 1.165) is 27.5 Å². The van der Waals surface area contributed by atoms with E-state index in [4.69, 9.17) is 11.0 Å². The van der Waals surface area contributed by atoms with Crippen molar-refractivity contribution < 1.29 is 4.42 Å². The molecule has 0 atom stereocenters. The molecule has 2 heteroatoms. The number of hydrogen-bond donors (Lipinski definition) is 0. The van der Waals surface area contributed by atoms with E-state index in [1.54, 1.807) is 0 Å². The van der Waals surface area contributed by atoms with Crippen molar-refractivity contribution in [1.29, 1.82) is 0 Å². The first-order chi connectivity index (χ1) is 23.2. The summed E-state index contributed by atoms with van der Waals surface area (Å²) in [5.41, 5.74) is 9.03. The first-order valence-electron chi connectivity index (χ1n) is 15.9. The van der Waals surface area contributed by atoms with E-state index in [1.807, 2.05) is 18.2 Å². The summed E-state index contributed by atoms with van der Waals surface area (Å²) < 4.78 is 6.45. The summed E-state index contributed by atoms with van der Waals surface area (Å²) in [4.78, 5) is 3.72. The lowest BCUT2D eigenvalue weighted by Gasteiger charge is -2.16. The lowest BCUT2D eigenvalue weighted by Crippen LogP contribution is -1.89. The van der Waals surface area contributed by atoms with Crippen molar-refractivity contribution in [1.82, 2.24) is 0 Å². The lowest BCUT2D eigenvalue weighted by molar-refractivity contribution is 0.672. The van der Waals surface area contributed by atoms with Gasteiger partial charge in [-0.3, -0.25) is 0 Å². The molecule has 0 spiro atoms. The summed E-state index contributed by atoms with van der Waals surface area (Å²) in [5, 5.41) is 12.0. The highest BCUT2D eigenvalue weighted by Crippen LogP contribution is 2.44. The van der Waals surface area contributed by atoms with Gasteiger partial charge in [-0.1, -0.05) is 127 Å². The Labute approximate surface area is 270 Å². The summed E-state index contributed by atoms with van der Waals surface area (Å²) in [6.45, 7) is 7.65. The highest BCUT2D eigenvalue weighted by Gasteiger charge is 2.18. The fraction of sp³-hybridized carbons (Fsp3) is 0. The number of furan rings is 1. The zero-order chi connectivity index (χ0) is 31.1. The van der Waals surface area contributed by atoms with E-state index in [-0.39, 0.29) is 0 Å². The number of nitrogens with zero attached hydrogens (tertiary/aromatic N) is 1. The van der Waals surface area contributed by atoms with E-state index in [9.17, 15) is 0 Å². The van der Waals surface area contributed by atoms with Crippen molar-refractivity contribution in [2.24, 2.45) is 0 Å². The molecule has 0 saturated carbocycles. The average Bonchev–Trinajstić information content (AvgIpc) is 3.53. The Bertz CT molecular complexity index is 2840. The normalized spacial score (nSPS) is 11.8. The molecule has 1 heterocycles. The van der Waals surface area contributed by atoms with Crippen molar-refractivity contribution in [3.05, 3.63) is 163 Å². The smallest absolute Gasteiger partial charge is 0.229 e. The van der Waals surface area contributed by atoms with Crippen LogP contribution in [-0.4, -0.2) is 0 Å². The predicted molar refractivity (Wildman–Crippen MR) is 197 cm³/mol. The molecule has 216 valence electrons. The van der Waals surface area contributed by atoms with Crippen LogP contribution in [-0.2, 0) is 0 Å². The summed E-state index contributed by atoms with van der Waals surface area (Å²) >= 11 is 0. The third-order valence-electron chi connectivity index (χ3n) is 9.79. The molecule has 0 fully saturated rings. The van der Waals surface area contributed by atoms with Gasteiger partial charge in [0.05, 0.1) is 6.57 Å². The van der Waals surface area contributed by atoms with Gasteiger partial charge in [-0.05, 0) is 95.2 Å².